The van der Waals surface area contributed by atoms with Crippen molar-refractivity contribution in [2.45, 2.75) is 0 Å². The molecular weight excluding hydrogens is 312 g/mol. The zero-order valence-corrected chi connectivity index (χ0v) is 13.6. The molecule has 0 saturated heterocycles. The highest BCUT2D eigenvalue weighted by Crippen LogP contribution is 2.23. The first-order valence-electron chi connectivity index (χ1n) is 6.99. The minimum Gasteiger partial charge on any atom is -0.309 e. The Morgan fingerprint density at radius 2 is 2.22 bits per heavy atom. The first-order chi connectivity index (χ1) is 11.1. The van der Waals surface area contributed by atoms with E-state index in [0.29, 0.717) is 17.5 Å². The molecule has 0 aliphatic heterocycles. The van der Waals surface area contributed by atoms with Crippen molar-refractivity contribution >= 4 is 23.1 Å². The predicted molar refractivity (Wildman–Crippen MR) is 89.7 cm³/mol. The van der Waals surface area contributed by atoms with Gasteiger partial charge in [-0.3, -0.25) is 4.79 Å². The van der Waals surface area contributed by atoms with Crippen molar-refractivity contribution < 1.29 is 4.79 Å². The third kappa shape index (κ3) is 3.79. The summed E-state index contributed by atoms with van der Waals surface area (Å²) in [5.41, 5.74) is 0. The van der Waals surface area contributed by atoms with E-state index in [1.807, 2.05) is 37.7 Å². The number of rotatable bonds is 5. The third-order valence-corrected chi connectivity index (χ3v) is 3.79. The highest BCUT2D eigenvalue weighted by atomic mass is 32.1. The summed E-state index contributed by atoms with van der Waals surface area (Å²) < 4.78 is 1.64. The molecule has 118 valence electrons. The monoisotopic (exact) mass is 328 g/mol. The Hall–Kier alpha value is -2.58. The fourth-order valence-electron chi connectivity index (χ4n) is 2.01. The highest BCUT2D eigenvalue weighted by Gasteiger charge is 2.12. The van der Waals surface area contributed by atoms with E-state index in [2.05, 4.69) is 20.4 Å². The van der Waals surface area contributed by atoms with Crippen molar-refractivity contribution in [3.63, 3.8) is 0 Å². The van der Waals surface area contributed by atoms with E-state index in [9.17, 15) is 4.79 Å². The van der Waals surface area contributed by atoms with Crippen LogP contribution in [0.15, 0.2) is 42.0 Å². The van der Waals surface area contributed by atoms with E-state index in [1.54, 1.807) is 39.4 Å². The summed E-state index contributed by atoms with van der Waals surface area (Å²) in [5, 5.41) is 8.96. The van der Waals surface area contributed by atoms with Crippen LogP contribution >= 0.6 is 11.3 Å². The Morgan fingerprint density at radius 3 is 2.87 bits per heavy atom. The van der Waals surface area contributed by atoms with E-state index in [0.717, 1.165) is 4.88 Å². The molecule has 8 heteroatoms. The third-order valence-electron chi connectivity index (χ3n) is 2.92. The van der Waals surface area contributed by atoms with Gasteiger partial charge in [0.15, 0.2) is 11.6 Å². The number of anilines is 1. The lowest BCUT2D eigenvalue weighted by Crippen LogP contribution is -2.27. The lowest BCUT2D eigenvalue weighted by molar-refractivity contribution is -0.116. The number of likely N-dealkylation sites (N-methyl/N-ethyl adjacent to an activating group) is 1. The molecule has 0 bridgehead atoms. The maximum absolute atomic E-state index is 12.0. The number of aromatic nitrogens is 4. The second-order valence-corrected chi connectivity index (χ2v) is 6.10. The van der Waals surface area contributed by atoms with E-state index in [1.165, 1.54) is 0 Å². The van der Waals surface area contributed by atoms with Gasteiger partial charge in [0.05, 0.1) is 11.4 Å². The SMILES string of the molecule is CN(C)CC(=O)Nc1cc(-n2cccn2)nc(-c2cccs2)n1. The zero-order valence-electron chi connectivity index (χ0n) is 12.8. The second-order valence-electron chi connectivity index (χ2n) is 5.15. The molecule has 0 radical (unpaired) electrons. The Balaban J connectivity index is 1.96. The van der Waals surface area contributed by atoms with Crippen LogP contribution in [0.5, 0.6) is 0 Å². The van der Waals surface area contributed by atoms with Crippen LogP contribution in [0, 0.1) is 0 Å². The molecule has 0 fully saturated rings. The molecule has 0 aliphatic carbocycles. The van der Waals surface area contributed by atoms with Crippen LogP contribution in [0.3, 0.4) is 0 Å². The van der Waals surface area contributed by atoms with Crippen molar-refractivity contribution in [1.82, 2.24) is 24.6 Å². The molecule has 3 aromatic rings. The molecular formula is C15H16N6OS. The van der Waals surface area contributed by atoms with Gasteiger partial charge < -0.3 is 10.2 Å². The van der Waals surface area contributed by atoms with Crippen molar-refractivity contribution in [3.05, 3.63) is 42.0 Å². The fourth-order valence-corrected chi connectivity index (χ4v) is 2.66. The molecule has 23 heavy (non-hydrogen) atoms. The number of carbonyl (C=O) groups excluding carboxylic acids is 1. The number of carbonyl (C=O) groups is 1. The number of hydrogen-bond acceptors (Lipinski definition) is 6. The molecule has 0 aliphatic rings. The fraction of sp³-hybridized carbons (Fsp3) is 0.200. The van der Waals surface area contributed by atoms with Gasteiger partial charge in [-0.05, 0) is 31.6 Å². The van der Waals surface area contributed by atoms with E-state index in [4.69, 9.17) is 0 Å². The van der Waals surface area contributed by atoms with Crippen LogP contribution < -0.4 is 5.32 Å². The van der Waals surface area contributed by atoms with Crippen molar-refractivity contribution in [2.75, 3.05) is 26.0 Å². The Kier molecular flexibility index (Phi) is 4.45. The first kappa shape index (κ1) is 15.3. The lowest BCUT2D eigenvalue weighted by atomic mass is 10.4. The molecule has 0 spiro atoms. The van der Waals surface area contributed by atoms with Gasteiger partial charge in [0.1, 0.15) is 5.82 Å². The zero-order chi connectivity index (χ0) is 16.2. The summed E-state index contributed by atoms with van der Waals surface area (Å²) >= 11 is 1.54. The second kappa shape index (κ2) is 6.67. The van der Waals surface area contributed by atoms with Gasteiger partial charge >= 0.3 is 0 Å². The highest BCUT2D eigenvalue weighted by molar-refractivity contribution is 7.13. The summed E-state index contributed by atoms with van der Waals surface area (Å²) in [4.78, 5) is 23.7. The number of hydrogen-bond donors (Lipinski definition) is 1. The molecule has 3 rings (SSSR count). The smallest absolute Gasteiger partial charge is 0.239 e. The summed E-state index contributed by atoms with van der Waals surface area (Å²) in [7, 11) is 3.68. The molecule has 0 saturated carbocycles. The number of nitrogens with one attached hydrogen (secondary N) is 1. The van der Waals surface area contributed by atoms with E-state index < -0.39 is 0 Å². The van der Waals surface area contributed by atoms with E-state index >= 15 is 0 Å². The Labute approximate surface area is 137 Å². The van der Waals surface area contributed by atoms with Gasteiger partial charge in [-0.1, -0.05) is 6.07 Å². The molecule has 3 aromatic heterocycles. The predicted octanol–water partition coefficient (Wildman–Crippen LogP) is 1.89. The summed E-state index contributed by atoms with van der Waals surface area (Å²) in [6, 6.07) is 7.40. The van der Waals surface area contributed by atoms with Crippen LogP contribution in [-0.2, 0) is 4.79 Å². The standard InChI is InChI=1S/C15H16N6OS/c1-20(2)10-14(22)17-12-9-13(21-7-4-6-16-21)19-15(18-12)11-5-3-8-23-11/h3-9H,10H2,1-2H3,(H,17,18,19,22). The minimum absolute atomic E-state index is 0.128. The molecule has 3 heterocycles. The van der Waals surface area contributed by atoms with Gasteiger partial charge in [-0.15, -0.1) is 11.3 Å². The number of amides is 1. The summed E-state index contributed by atoms with van der Waals surface area (Å²) in [5.74, 6) is 1.50. The normalized spacial score (nSPS) is 10.9. The van der Waals surface area contributed by atoms with Crippen LogP contribution in [-0.4, -0.2) is 51.2 Å². The van der Waals surface area contributed by atoms with Gasteiger partial charge in [0, 0.05) is 18.5 Å². The largest absolute Gasteiger partial charge is 0.309 e. The minimum atomic E-state index is -0.128. The van der Waals surface area contributed by atoms with Crippen molar-refractivity contribution in [2.24, 2.45) is 0 Å². The first-order valence-corrected chi connectivity index (χ1v) is 7.87. The molecule has 0 unspecified atom stereocenters. The number of thiophene rings is 1. The molecule has 1 N–H and O–H groups in total. The Bertz CT molecular complexity index is 730. The van der Waals surface area contributed by atoms with Gasteiger partial charge in [0.2, 0.25) is 5.91 Å². The van der Waals surface area contributed by atoms with Crippen LogP contribution in [0.4, 0.5) is 5.82 Å². The van der Waals surface area contributed by atoms with Crippen LogP contribution in [0.2, 0.25) is 0 Å². The maximum Gasteiger partial charge on any atom is 0.239 e. The summed E-state index contributed by atoms with van der Waals surface area (Å²) in [6.07, 6.45) is 3.48. The average molecular weight is 328 g/mol. The Morgan fingerprint density at radius 1 is 1.35 bits per heavy atom. The molecule has 1 amide bonds. The summed E-state index contributed by atoms with van der Waals surface area (Å²) in [6.45, 7) is 0.287. The van der Waals surface area contributed by atoms with Crippen molar-refractivity contribution in [1.29, 1.82) is 0 Å². The van der Waals surface area contributed by atoms with E-state index in [-0.39, 0.29) is 12.5 Å². The topological polar surface area (TPSA) is 75.9 Å². The van der Waals surface area contributed by atoms with Crippen molar-refractivity contribution in [3.8, 4) is 16.5 Å². The lowest BCUT2D eigenvalue weighted by Gasteiger charge is -2.11. The molecule has 0 aromatic carbocycles. The van der Waals surface area contributed by atoms with Crippen LogP contribution in [0.1, 0.15) is 0 Å². The van der Waals surface area contributed by atoms with Gasteiger partial charge in [0.25, 0.3) is 0 Å². The molecule has 7 nitrogen and oxygen atoms in total. The van der Waals surface area contributed by atoms with Crippen LogP contribution in [0.25, 0.3) is 16.5 Å². The maximum atomic E-state index is 12.0. The average Bonchev–Trinajstić information content (AvgIpc) is 3.20. The quantitative estimate of drug-likeness (QED) is 0.774. The van der Waals surface area contributed by atoms with Gasteiger partial charge in [-0.2, -0.15) is 5.10 Å². The molecule has 0 atom stereocenters. The van der Waals surface area contributed by atoms with Gasteiger partial charge in [-0.25, -0.2) is 14.6 Å². The number of nitrogens with zero attached hydrogens (tertiary/aromatic N) is 5.